The summed E-state index contributed by atoms with van der Waals surface area (Å²) in [7, 11) is 0.647. The second kappa shape index (κ2) is 23.2. The first kappa shape index (κ1) is 46.2. The molecule has 2 aromatic carbocycles. The fraction of sp³-hybridized carbons (Fsp3) is 0.561. The molecule has 0 bridgehead atoms. The van der Waals surface area contributed by atoms with Crippen molar-refractivity contribution in [1.82, 2.24) is 15.5 Å². The van der Waals surface area contributed by atoms with Gasteiger partial charge < -0.3 is 44.8 Å². The van der Waals surface area contributed by atoms with Crippen molar-refractivity contribution in [3.63, 3.8) is 0 Å². The molecule has 2 aliphatic heterocycles. The predicted octanol–water partition coefficient (Wildman–Crippen LogP) is 4.49. The van der Waals surface area contributed by atoms with E-state index in [-0.39, 0.29) is 49.4 Å². The average Bonchev–Trinajstić information content (AvgIpc) is 3.60. The summed E-state index contributed by atoms with van der Waals surface area (Å²) in [5.74, 6) is -1.76. The van der Waals surface area contributed by atoms with Crippen LogP contribution < -0.4 is 25.8 Å². The number of benzene rings is 2. The van der Waals surface area contributed by atoms with E-state index in [4.69, 9.17) is 24.7 Å². The van der Waals surface area contributed by atoms with Crippen LogP contribution in [0, 0.1) is 18.8 Å². The number of unbranched alkanes of at least 4 members (excludes halogenated alkanes) is 1. The number of primary amides is 1. The van der Waals surface area contributed by atoms with Gasteiger partial charge in [0, 0.05) is 55.4 Å². The maximum absolute atomic E-state index is 13.8. The molecule has 2 aliphatic rings. The van der Waals surface area contributed by atoms with E-state index in [1.807, 2.05) is 32.9 Å². The normalized spacial score (nSPS) is 18.4. The van der Waals surface area contributed by atoms with Crippen LogP contribution in [0.4, 0.5) is 4.79 Å². The first-order valence-corrected chi connectivity index (χ1v) is 22.5. The van der Waals surface area contributed by atoms with Gasteiger partial charge in [-0.25, -0.2) is 9.59 Å². The molecule has 0 aliphatic carbocycles. The van der Waals surface area contributed by atoms with Crippen molar-refractivity contribution in [3.05, 3.63) is 59.7 Å². The Morgan fingerprint density at radius 3 is 2.28 bits per heavy atom. The summed E-state index contributed by atoms with van der Waals surface area (Å²) in [5.41, 5.74) is 6.83. The number of hydrogen-bond acceptors (Lipinski definition) is 12. The molecule has 4 rings (SSSR count). The smallest absolute Gasteiger partial charge is 0.415 e. The molecule has 2 unspecified atom stereocenters. The SMILES string of the molecule is Cc1ccccc1OCC(=O)N[C@@H](CC(C)C)C(=O)N[C@@H](Cc1ccc(OC(=O)N2CCC(C(N)=O)CC2)cc1)C(=O)OC(C)OC(=O)CCCC[C@@H]1CC[S+]([O-])S1. The summed E-state index contributed by atoms with van der Waals surface area (Å²) < 4.78 is 33.7. The van der Waals surface area contributed by atoms with Crippen LogP contribution in [0.15, 0.2) is 48.5 Å². The van der Waals surface area contributed by atoms with E-state index in [9.17, 15) is 33.3 Å². The Kier molecular flexibility index (Phi) is 18.5. The third-order valence-electron chi connectivity index (χ3n) is 9.72. The van der Waals surface area contributed by atoms with Gasteiger partial charge in [0.25, 0.3) is 5.91 Å². The summed E-state index contributed by atoms with van der Waals surface area (Å²) in [6.45, 7) is 7.40. The Morgan fingerprint density at radius 1 is 0.931 bits per heavy atom. The number of carbonyl (C=O) groups excluding carboxylic acids is 6. The van der Waals surface area contributed by atoms with Gasteiger partial charge in [-0.2, -0.15) is 0 Å². The van der Waals surface area contributed by atoms with E-state index in [1.54, 1.807) is 36.4 Å². The van der Waals surface area contributed by atoms with Crippen LogP contribution in [0.1, 0.15) is 83.3 Å². The maximum atomic E-state index is 13.8. The lowest BCUT2D eigenvalue weighted by Crippen LogP contribution is -2.54. The van der Waals surface area contributed by atoms with Gasteiger partial charge in [0.15, 0.2) is 6.61 Å². The minimum atomic E-state index is -1.27. The number of para-hydroxylation sites is 1. The number of nitrogens with zero attached hydrogens (tertiary/aromatic N) is 1. The number of hydrogen-bond donors (Lipinski definition) is 3. The van der Waals surface area contributed by atoms with E-state index in [1.165, 1.54) is 22.6 Å². The lowest BCUT2D eigenvalue weighted by Gasteiger charge is -2.29. The summed E-state index contributed by atoms with van der Waals surface area (Å²) in [6, 6.07) is 11.3. The fourth-order valence-electron chi connectivity index (χ4n) is 6.53. The van der Waals surface area contributed by atoms with Gasteiger partial charge >= 0.3 is 18.0 Å². The van der Waals surface area contributed by atoms with Crippen LogP contribution in [0.2, 0.25) is 0 Å². The van der Waals surface area contributed by atoms with E-state index in [0.29, 0.717) is 54.7 Å². The van der Waals surface area contributed by atoms with Crippen molar-refractivity contribution in [2.24, 2.45) is 17.6 Å². The lowest BCUT2D eigenvalue weighted by atomic mass is 9.97. The minimum Gasteiger partial charge on any atom is -0.605 e. The summed E-state index contributed by atoms with van der Waals surface area (Å²) in [5, 5.41) is 5.79. The molecule has 0 saturated carbocycles. The molecule has 2 heterocycles. The second-order valence-corrected chi connectivity index (χ2v) is 18.6. The molecule has 4 amide bonds. The Morgan fingerprint density at radius 2 is 1.64 bits per heavy atom. The fourth-order valence-corrected chi connectivity index (χ4v) is 10.1. The molecule has 5 atom stereocenters. The highest BCUT2D eigenvalue weighted by Crippen LogP contribution is 2.34. The van der Waals surface area contributed by atoms with Gasteiger partial charge in [-0.1, -0.05) is 50.6 Å². The van der Waals surface area contributed by atoms with Crippen LogP contribution >= 0.6 is 10.8 Å². The molecular formula is C41H56N4O11S2. The maximum Gasteiger partial charge on any atom is 0.415 e. The summed E-state index contributed by atoms with van der Waals surface area (Å²) >= 11 is 0. The van der Waals surface area contributed by atoms with Crippen molar-refractivity contribution in [2.75, 3.05) is 25.4 Å². The number of nitrogens with one attached hydrogen (secondary N) is 2. The Balaban J connectivity index is 1.38. The molecule has 2 aromatic rings. The molecule has 0 spiro atoms. The van der Waals surface area contributed by atoms with Crippen molar-refractivity contribution in [2.45, 2.75) is 109 Å². The number of aryl methyl sites for hydroxylation is 1. The van der Waals surface area contributed by atoms with Crippen LogP contribution in [0.25, 0.3) is 0 Å². The Bertz CT molecular complexity index is 1700. The zero-order chi connectivity index (χ0) is 42.2. The Labute approximate surface area is 346 Å². The van der Waals surface area contributed by atoms with E-state index < -0.39 is 58.4 Å². The number of piperidine rings is 1. The van der Waals surface area contributed by atoms with E-state index >= 15 is 0 Å². The number of carbonyl (C=O) groups is 6. The lowest BCUT2D eigenvalue weighted by molar-refractivity contribution is -0.186. The van der Waals surface area contributed by atoms with Crippen LogP contribution in [-0.4, -0.2) is 94.3 Å². The predicted molar refractivity (Wildman–Crippen MR) is 219 cm³/mol. The highest BCUT2D eigenvalue weighted by Gasteiger charge is 2.31. The first-order valence-electron chi connectivity index (χ1n) is 19.8. The van der Waals surface area contributed by atoms with Gasteiger partial charge in [0.1, 0.15) is 29.3 Å². The molecule has 58 heavy (non-hydrogen) atoms. The third-order valence-corrected chi connectivity index (χ3v) is 13.2. The molecule has 17 heteroatoms. The molecule has 318 valence electrons. The van der Waals surface area contributed by atoms with Gasteiger partial charge in [0.2, 0.25) is 18.1 Å². The monoisotopic (exact) mass is 844 g/mol. The highest BCUT2D eigenvalue weighted by atomic mass is 33.1. The van der Waals surface area contributed by atoms with Crippen LogP contribution in [0.3, 0.4) is 0 Å². The first-order chi connectivity index (χ1) is 27.7. The minimum absolute atomic E-state index is 0.0103. The zero-order valence-electron chi connectivity index (χ0n) is 33.6. The number of rotatable bonds is 20. The number of amides is 4. The summed E-state index contributed by atoms with van der Waals surface area (Å²) in [4.78, 5) is 78.8. The van der Waals surface area contributed by atoms with Gasteiger partial charge in [-0.15, -0.1) is 0 Å². The van der Waals surface area contributed by atoms with Crippen molar-refractivity contribution < 1.29 is 52.3 Å². The number of likely N-dealkylation sites (tertiary alicyclic amines) is 1. The number of ether oxygens (including phenoxy) is 4. The Hall–Kier alpha value is -4.48. The zero-order valence-corrected chi connectivity index (χ0v) is 35.2. The third kappa shape index (κ3) is 15.7. The van der Waals surface area contributed by atoms with Crippen molar-refractivity contribution in [3.8, 4) is 11.5 Å². The number of nitrogens with two attached hydrogens (primary N) is 1. The van der Waals surface area contributed by atoms with E-state index in [0.717, 1.165) is 24.8 Å². The molecular weight excluding hydrogens is 789 g/mol. The topological polar surface area (TPSA) is 216 Å². The van der Waals surface area contributed by atoms with Gasteiger partial charge in [-0.05, 0) is 74.3 Å². The second-order valence-electron chi connectivity index (χ2n) is 15.0. The van der Waals surface area contributed by atoms with Crippen LogP contribution in [0.5, 0.6) is 11.5 Å². The quantitative estimate of drug-likeness (QED) is 0.0553. The average molecular weight is 845 g/mol. The largest absolute Gasteiger partial charge is 0.605 e. The molecule has 2 saturated heterocycles. The molecule has 0 aromatic heterocycles. The molecule has 15 nitrogen and oxygen atoms in total. The van der Waals surface area contributed by atoms with Crippen LogP contribution in [-0.2, 0) is 50.1 Å². The van der Waals surface area contributed by atoms with Gasteiger partial charge in [-0.3, -0.25) is 19.2 Å². The standard InChI is InChI=1S/C41H56N4O11S2/c1-26(2)23-33(43-36(46)25-53-35-11-7-5-9-27(35)3)39(49)44-34(40(50)55-28(4)54-37(47)12-8-6-10-32-19-22-58(52)57-32)24-29-13-15-31(16-14-29)56-41(51)45-20-17-30(18-21-45)38(42)48/h5,7,9,11,13-16,26,28,30,32-34H,6,8,10,12,17-25H2,1-4H3,(H2,42,48)(H,43,46)(H,44,49)/t28?,32-,33+,34+,58?/m1/s1. The van der Waals surface area contributed by atoms with Crippen molar-refractivity contribution in [1.29, 1.82) is 0 Å². The number of esters is 2. The van der Waals surface area contributed by atoms with Crippen molar-refractivity contribution >= 4 is 56.8 Å². The van der Waals surface area contributed by atoms with E-state index in [2.05, 4.69) is 10.6 Å². The molecule has 4 N–H and O–H groups in total. The highest BCUT2D eigenvalue weighted by molar-refractivity contribution is 8.72. The molecule has 0 radical (unpaired) electrons. The van der Waals surface area contributed by atoms with Gasteiger partial charge in [0.05, 0.1) is 16.0 Å². The summed E-state index contributed by atoms with van der Waals surface area (Å²) in [6.07, 6.45) is 2.51. The molecule has 2 fully saturated rings.